The van der Waals surface area contributed by atoms with Gasteiger partial charge in [-0.2, -0.15) is 14.0 Å². The number of carbonyl (C=O) groups is 2. The Hall–Kier alpha value is -3.92. The van der Waals surface area contributed by atoms with E-state index in [9.17, 15) is 24.3 Å². The summed E-state index contributed by atoms with van der Waals surface area (Å²) < 4.78 is 16.3. The minimum atomic E-state index is -1.07. The first kappa shape index (κ1) is 31.1. The predicted molar refractivity (Wildman–Crippen MR) is 123 cm³/mol. The fourth-order valence-corrected chi connectivity index (χ4v) is 1.69. The van der Waals surface area contributed by atoms with Gasteiger partial charge in [0.25, 0.3) is 0 Å². The van der Waals surface area contributed by atoms with Crippen molar-refractivity contribution in [3.05, 3.63) is 33.1 Å². The van der Waals surface area contributed by atoms with Crippen LogP contribution in [0.2, 0.25) is 0 Å². The van der Waals surface area contributed by atoms with Crippen molar-refractivity contribution in [3.63, 3.8) is 0 Å². The summed E-state index contributed by atoms with van der Waals surface area (Å²) in [6, 6.07) is 0. The van der Waals surface area contributed by atoms with Gasteiger partial charge in [0.15, 0.2) is 0 Å². The van der Waals surface area contributed by atoms with E-state index in [1.165, 1.54) is 14.2 Å². The molecule has 0 bridgehead atoms. The monoisotopic (exact) mass is 500 g/mol. The number of carbonyl (C=O) groups excluding carboxylic acids is 2. The van der Waals surface area contributed by atoms with Gasteiger partial charge in [-0.25, -0.2) is 24.3 Å². The van der Waals surface area contributed by atoms with Crippen LogP contribution >= 0.6 is 0 Å². The van der Waals surface area contributed by atoms with Crippen molar-refractivity contribution >= 4 is 24.3 Å². The van der Waals surface area contributed by atoms with Gasteiger partial charge in [0.1, 0.15) is 0 Å². The first-order chi connectivity index (χ1) is 15.8. The molecule has 196 valence electrons. The number of rotatable bonds is 6. The third kappa shape index (κ3) is 12.8. The number of aromatic amines is 1. The Morgan fingerprint density at radius 1 is 1.09 bits per heavy atom. The molecule has 1 aliphatic heterocycles. The van der Waals surface area contributed by atoms with E-state index in [2.05, 4.69) is 49.3 Å². The van der Waals surface area contributed by atoms with Crippen LogP contribution in [-0.4, -0.2) is 89.1 Å². The summed E-state index contributed by atoms with van der Waals surface area (Å²) in [5, 5.41) is 25.2. The van der Waals surface area contributed by atoms with Crippen molar-refractivity contribution in [1.82, 2.24) is 40.0 Å². The Morgan fingerprint density at radius 3 is 1.94 bits per heavy atom. The standard InChI is InChI=1S/C9H14N4O4.C5H6N4O3.C4H8O.CH4/c1-9(2,16)6-13-8(15)12(10-11-13)5-4-7(14)17-3;1-12-4(10)2-3-9-5(11)6-7-8-9;1-4(2)3-5-4;/h4-5,16H,6H2,1-3H3;2-3H,1H3,(H,6,8,11);3H2,1-2H3;1H4/b5-4+;3-2+;;. The summed E-state index contributed by atoms with van der Waals surface area (Å²) in [5.74, 6) is -1.17. The van der Waals surface area contributed by atoms with Crippen molar-refractivity contribution < 1.29 is 28.9 Å². The first-order valence-corrected chi connectivity index (χ1v) is 9.69. The van der Waals surface area contributed by atoms with Gasteiger partial charge >= 0.3 is 23.3 Å². The molecule has 0 aliphatic carbocycles. The van der Waals surface area contributed by atoms with Crippen LogP contribution in [0.1, 0.15) is 35.1 Å². The molecule has 0 atom stereocenters. The minimum Gasteiger partial charge on any atom is -0.466 e. The fraction of sp³-hybridized carbons (Fsp3) is 0.579. The normalized spacial score (nSPS) is 13.7. The van der Waals surface area contributed by atoms with Crippen LogP contribution in [0.3, 0.4) is 0 Å². The summed E-state index contributed by atoms with van der Waals surface area (Å²) in [6.07, 6.45) is 4.40. The zero-order chi connectivity index (χ0) is 25.9. The molecule has 1 fully saturated rings. The Kier molecular flexibility index (Phi) is 12.2. The van der Waals surface area contributed by atoms with E-state index in [4.69, 9.17) is 4.74 Å². The highest BCUT2D eigenvalue weighted by Gasteiger charge is 2.32. The fourth-order valence-electron chi connectivity index (χ4n) is 1.69. The molecule has 0 radical (unpaired) electrons. The quantitative estimate of drug-likeness (QED) is 0.276. The maximum Gasteiger partial charge on any atom is 0.368 e. The van der Waals surface area contributed by atoms with Crippen molar-refractivity contribution in [2.75, 3.05) is 20.8 Å². The van der Waals surface area contributed by atoms with Gasteiger partial charge in [-0.1, -0.05) is 7.43 Å². The van der Waals surface area contributed by atoms with Crippen LogP contribution in [0, 0.1) is 0 Å². The van der Waals surface area contributed by atoms with Gasteiger partial charge in [-0.3, -0.25) is 0 Å². The molecule has 16 heteroatoms. The van der Waals surface area contributed by atoms with E-state index >= 15 is 0 Å². The molecule has 1 aliphatic rings. The van der Waals surface area contributed by atoms with E-state index in [0.29, 0.717) is 0 Å². The summed E-state index contributed by atoms with van der Waals surface area (Å²) in [5.41, 5.74) is -1.89. The molecular weight excluding hydrogens is 468 g/mol. The highest BCUT2D eigenvalue weighted by atomic mass is 16.6. The molecule has 0 aromatic carbocycles. The van der Waals surface area contributed by atoms with Gasteiger partial charge in [0.2, 0.25) is 0 Å². The van der Waals surface area contributed by atoms with E-state index in [1.807, 2.05) is 0 Å². The second kappa shape index (κ2) is 13.7. The van der Waals surface area contributed by atoms with Crippen LogP contribution in [0.5, 0.6) is 0 Å². The van der Waals surface area contributed by atoms with E-state index in [0.717, 1.165) is 45.2 Å². The smallest absolute Gasteiger partial charge is 0.368 e. The van der Waals surface area contributed by atoms with Gasteiger partial charge in [0, 0.05) is 24.6 Å². The summed E-state index contributed by atoms with van der Waals surface area (Å²) in [7, 11) is 2.46. The number of aromatic nitrogens is 8. The number of tetrazole rings is 2. The summed E-state index contributed by atoms with van der Waals surface area (Å²) in [6.45, 7) is 8.20. The third-order valence-corrected chi connectivity index (χ3v) is 3.52. The first-order valence-electron chi connectivity index (χ1n) is 9.69. The summed E-state index contributed by atoms with van der Waals surface area (Å²) >= 11 is 0. The Morgan fingerprint density at radius 2 is 1.57 bits per heavy atom. The van der Waals surface area contributed by atoms with Crippen LogP contribution < -0.4 is 11.4 Å². The van der Waals surface area contributed by atoms with Gasteiger partial charge in [-0.05, 0) is 48.5 Å². The molecule has 2 aromatic heterocycles. The number of esters is 2. The van der Waals surface area contributed by atoms with Crippen LogP contribution in [0.15, 0.2) is 21.7 Å². The molecule has 0 unspecified atom stereocenters. The molecule has 2 N–H and O–H groups in total. The van der Waals surface area contributed by atoms with E-state index in [1.54, 1.807) is 13.8 Å². The molecule has 1 saturated heterocycles. The lowest BCUT2D eigenvalue weighted by Gasteiger charge is -2.14. The number of hydrogen-bond donors (Lipinski definition) is 2. The number of H-pyrrole nitrogens is 1. The topological polar surface area (TPSA) is 202 Å². The molecule has 35 heavy (non-hydrogen) atoms. The minimum absolute atomic E-state index is 0. The Bertz CT molecular complexity index is 1110. The highest BCUT2D eigenvalue weighted by molar-refractivity contribution is 5.85. The molecule has 2 aromatic rings. The van der Waals surface area contributed by atoms with Crippen molar-refractivity contribution in [1.29, 1.82) is 0 Å². The average Bonchev–Trinajstić information content (AvgIpc) is 3.14. The largest absolute Gasteiger partial charge is 0.466 e. The maximum atomic E-state index is 11.6. The van der Waals surface area contributed by atoms with Crippen molar-refractivity contribution in [2.24, 2.45) is 0 Å². The van der Waals surface area contributed by atoms with Crippen LogP contribution in [-0.2, 0) is 30.3 Å². The number of ether oxygens (including phenoxy) is 3. The average molecular weight is 501 g/mol. The SMILES string of the molecule is C.CC1(C)CO1.COC(=O)/C=C/n1nn[nH]c1=O.COC(=O)/C=C/n1nnn(CC(C)(C)O)c1=O. The van der Waals surface area contributed by atoms with Crippen molar-refractivity contribution in [3.8, 4) is 0 Å². The van der Waals surface area contributed by atoms with Gasteiger partial charge in [-0.15, -0.1) is 0 Å². The molecule has 3 rings (SSSR count). The number of nitrogens with zero attached hydrogens (tertiary/aromatic N) is 7. The zero-order valence-electron chi connectivity index (χ0n) is 19.7. The lowest BCUT2D eigenvalue weighted by atomic mass is 10.1. The van der Waals surface area contributed by atoms with E-state index in [-0.39, 0.29) is 19.6 Å². The number of methoxy groups -OCH3 is 2. The molecule has 0 amide bonds. The highest BCUT2D eigenvalue weighted by Crippen LogP contribution is 2.23. The van der Waals surface area contributed by atoms with Gasteiger partial charge in [0.05, 0.1) is 38.6 Å². The van der Waals surface area contributed by atoms with Crippen LogP contribution in [0.25, 0.3) is 12.4 Å². The number of nitrogens with one attached hydrogen (secondary N) is 1. The third-order valence-electron chi connectivity index (χ3n) is 3.52. The van der Waals surface area contributed by atoms with E-state index < -0.39 is 28.9 Å². The predicted octanol–water partition coefficient (Wildman–Crippen LogP) is -1.10. The number of aliphatic hydroxyl groups is 1. The molecule has 0 spiro atoms. The second-order valence-corrected chi connectivity index (χ2v) is 7.85. The zero-order valence-corrected chi connectivity index (χ0v) is 19.7. The number of hydrogen-bond acceptors (Lipinski definition) is 12. The second-order valence-electron chi connectivity index (χ2n) is 7.85. The lowest BCUT2D eigenvalue weighted by Crippen LogP contribution is -2.33. The molecular formula is C19H32N8O8. The Balaban J connectivity index is 0.000000555. The van der Waals surface area contributed by atoms with Crippen molar-refractivity contribution in [2.45, 2.75) is 52.9 Å². The van der Waals surface area contributed by atoms with Crippen LogP contribution in [0.4, 0.5) is 0 Å². The maximum absolute atomic E-state index is 11.6. The molecule has 3 heterocycles. The lowest BCUT2D eigenvalue weighted by molar-refractivity contribution is -0.135. The van der Waals surface area contributed by atoms with Gasteiger partial charge < -0.3 is 19.3 Å². The number of epoxide rings is 1. The Labute approximate surface area is 200 Å². The molecule has 0 saturated carbocycles. The summed E-state index contributed by atoms with van der Waals surface area (Å²) in [4.78, 5) is 43.7. The molecule has 16 nitrogen and oxygen atoms in total.